The molecule has 1 aromatic heterocycles. The fraction of sp³-hybridized carbons (Fsp3) is 0.467. The lowest BCUT2D eigenvalue weighted by Crippen LogP contribution is -2.39. The van der Waals surface area contributed by atoms with Crippen LogP contribution in [0.3, 0.4) is 0 Å². The van der Waals surface area contributed by atoms with Gasteiger partial charge in [-0.25, -0.2) is 4.98 Å². The maximum absolute atomic E-state index is 5.85. The third-order valence-electron chi connectivity index (χ3n) is 3.77. The van der Waals surface area contributed by atoms with Gasteiger partial charge in [0.05, 0.1) is 5.52 Å². The molecule has 1 aliphatic heterocycles. The van der Waals surface area contributed by atoms with Crippen LogP contribution < -0.4 is 10.6 Å². The molecule has 2 heterocycles. The lowest BCUT2D eigenvalue weighted by atomic mass is 9.92. The van der Waals surface area contributed by atoms with Crippen molar-refractivity contribution in [3.05, 3.63) is 24.3 Å². The molecule has 0 bridgehead atoms. The van der Waals surface area contributed by atoms with Gasteiger partial charge in [-0.15, -0.1) is 0 Å². The Labute approximate surface area is 113 Å². The summed E-state index contributed by atoms with van der Waals surface area (Å²) in [5.41, 5.74) is 6.78. The van der Waals surface area contributed by atoms with Gasteiger partial charge in [-0.2, -0.15) is 4.98 Å². The first-order chi connectivity index (χ1) is 9.13. The van der Waals surface area contributed by atoms with Crippen LogP contribution in [0.15, 0.2) is 24.3 Å². The zero-order chi connectivity index (χ0) is 13.4. The number of nitrogens with two attached hydrogens (primary N) is 1. The zero-order valence-corrected chi connectivity index (χ0v) is 11.5. The van der Waals surface area contributed by atoms with Crippen LogP contribution >= 0.6 is 0 Å². The third-order valence-corrected chi connectivity index (χ3v) is 3.77. The van der Waals surface area contributed by atoms with Gasteiger partial charge in [0.15, 0.2) is 0 Å². The summed E-state index contributed by atoms with van der Waals surface area (Å²) in [6, 6.07) is 8.09. The average Bonchev–Trinajstić information content (AvgIpc) is 2.36. The van der Waals surface area contributed by atoms with Crippen molar-refractivity contribution in [2.75, 3.05) is 23.7 Å². The number of nitrogens with zero attached hydrogens (tertiary/aromatic N) is 3. The van der Waals surface area contributed by atoms with E-state index in [-0.39, 0.29) is 0 Å². The molecular formula is C15H20N4. The van der Waals surface area contributed by atoms with E-state index in [1.807, 2.05) is 18.2 Å². The highest BCUT2D eigenvalue weighted by Gasteiger charge is 2.24. The van der Waals surface area contributed by atoms with Crippen molar-refractivity contribution < 1.29 is 0 Å². The first-order valence-corrected chi connectivity index (χ1v) is 6.90. The van der Waals surface area contributed by atoms with Crippen LogP contribution in [0.5, 0.6) is 0 Å². The maximum Gasteiger partial charge on any atom is 0.222 e. The summed E-state index contributed by atoms with van der Waals surface area (Å²) in [7, 11) is 0. The summed E-state index contributed by atoms with van der Waals surface area (Å²) in [5, 5.41) is 1.10. The fourth-order valence-corrected chi connectivity index (χ4v) is 3.15. The van der Waals surface area contributed by atoms with Crippen LogP contribution in [-0.2, 0) is 0 Å². The molecule has 2 N–H and O–H groups in total. The summed E-state index contributed by atoms with van der Waals surface area (Å²) >= 11 is 0. The van der Waals surface area contributed by atoms with E-state index >= 15 is 0 Å². The highest BCUT2D eigenvalue weighted by atomic mass is 15.2. The van der Waals surface area contributed by atoms with Crippen molar-refractivity contribution in [3.8, 4) is 0 Å². The molecule has 1 saturated heterocycles. The van der Waals surface area contributed by atoms with Crippen LogP contribution in [0, 0.1) is 11.8 Å². The number of anilines is 2. The molecule has 0 amide bonds. The van der Waals surface area contributed by atoms with Gasteiger partial charge in [0.1, 0.15) is 5.82 Å². The van der Waals surface area contributed by atoms with Crippen LogP contribution in [0.1, 0.15) is 20.3 Å². The minimum atomic E-state index is 0.361. The van der Waals surface area contributed by atoms with E-state index in [2.05, 4.69) is 34.8 Å². The molecule has 1 aliphatic rings. The Bertz CT molecular complexity index is 586. The molecule has 2 unspecified atom stereocenters. The van der Waals surface area contributed by atoms with E-state index in [1.54, 1.807) is 0 Å². The van der Waals surface area contributed by atoms with Crippen LogP contribution in [0.25, 0.3) is 10.9 Å². The molecule has 0 saturated carbocycles. The Morgan fingerprint density at radius 2 is 1.79 bits per heavy atom. The van der Waals surface area contributed by atoms with E-state index < -0.39 is 0 Å². The van der Waals surface area contributed by atoms with Gasteiger partial charge in [0.25, 0.3) is 0 Å². The Balaban J connectivity index is 2.08. The predicted octanol–water partition coefficient (Wildman–Crippen LogP) is 2.69. The Morgan fingerprint density at radius 3 is 2.53 bits per heavy atom. The van der Waals surface area contributed by atoms with Gasteiger partial charge >= 0.3 is 0 Å². The van der Waals surface area contributed by atoms with Gasteiger partial charge in [-0.05, 0) is 30.4 Å². The monoisotopic (exact) mass is 256 g/mol. The van der Waals surface area contributed by atoms with Gasteiger partial charge in [0.2, 0.25) is 5.95 Å². The summed E-state index contributed by atoms with van der Waals surface area (Å²) in [5.74, 6) is 2.73. The quantitative estimate of drug-likeness (QED) is 0.852. The molecule has 1 aromatic carbocycles. The fourth-order valence-electron chi connectivity index (χ4n) is 3.15. The van der Waals surface area contributed by atoms with Crippen LogP contribution in [-0.4, -0.2) is 23.1 Å². The van der Waals surface area contributed by atoms with E-state index in [4.69, 9.17) is 5.73 Å². The molecule has 100 valence electrons. The lowest BCUT2D eigenvalue weighted by molar-refractivity contribution is 0.356. The Hall–Kier alpha value is -1.84. The topological polar surface area (TPSA) is 55.0 Å². The summed E-state index contributed by atoms with van der Waals surface area (Å²) < 4.78 is 0. The SMILES string of the molecule is CC1CC(C)CN(c2nc(N)nc3ccccc23)C1. The van der Waals surface area contributed by atoms with Gasteiger partial charge in [-0.3, -0.25) is 0 Å². The summed E-state index contributed by atoms with van der Waals surface area (Å²) in [6.07, 6.45) is 1.29. The first-order valence-electron chi connectivity index (χ1n) is 6.90. The number of nitrogen functional groups attached to an aromatic ring is 1. The lowest BCUT2D eigenvalue weighted by Gasteiger charge is -2.36. The van der Waals surface area contributed by atoms with E-state index in [1.165, 1.54) is 6.42 Å². The van der Waals surface area contributed by atoms with Crippen molar-refractivity contribution in [2.45, 2.75) is 20.3 Å². The van der Waals surface area contributed by atoms with E-state index in [0.29, 0.717) is 17.8 Å². The third kappa shape index (κ3) is 2.35. The van der Waals surface area contributed by atoms with E-state index in [9.17, 15) is 0 Å². The van der Waals surface area contributed by atoms with Crippen molar-refractivity contribution in [1.29, 1.82) is 0 Å². The van der Waals surface area contributed by atoms with Crippen LogP contribution in [0.4, 0.5) is 11.8 Å². The van der Waals surface area contributed by atoms with Crippen molar-refractivity contribution in [1.82, 2.24) is 9.97 Å². The van der Waals surface area contributed by atoms with Gasteiger partial charge in [0, 0.05) is 18.5 Å². The zero-order valence-electron chi connectivity index (χ0n) is 11.5. The molecule has 0 radical (unpaired) electrons. The second-order valence-electron chi connectivity index (χ2n) is 5.77. The molecule has 2 atom stereocenters. The molecule has 3 rings (SSSR count). The number of hydrogen-bond acceptors (Lipinski definition) is 4. The highest BCUT2D eigenvalue weighted by Crippen LogP contribution is 2.30. The molecule has 0 spiro atoms. The Morgan fingerprint density at radius 1 is 1.11 bits per heavy atom. The van der Waals surface area contributed by atoms with Crippen LogP contribution in [0.2, 0.25) is 0 Å². The smallest absolute Gasteiger partial charge is 0.222 e. The minimum Gasteiger partial charge on any atom is -0.368 e. The minimum absolute atomic E-state index is 0.361. The average molecular weight is 256 g/mol. The molecule has 0 aliphatic carbocycles. The number of piperidine rings is 1. The maximum atomic E-state index is 5.85. The number of para-hydroxylation sites is 1. The standard InChI is InChI=1S/C15H20N4/c1-10-7-11(2)9-19(8-10)14-12-5-3-4-6-13(12)17-15(16)18-14/h3-6,10-11H,7-9H2,1-2H3,(H2,16,17,18). The second-order valence-corrected chi connectivity index (χ2v) is 5.77. The number of rotatable bonds is 1. The van der Waals surface area contributed by atoms with Crippen molar-refractivity contribution in [3.63, 3.8) is 0 Å². The van der Waals surface area contributed by atoms with Gasteiger partial charge in [-0.1, -0.05) is 26.0 Å². The predicted molar refractivity (Wildman–Crippen MR) is 79.1 cm³/mol. The van der Waals surface area contributed by atoms with E-state index in [0.717, 1.165) is 29.8 Å². The number of fused-ring (bicyclic) bond motifs is 1. The first kappa shape index (κ1) is 12.2. The molecule has 1 fully saturated rings. The normalized spacial score (nSPS) is 23.8. The largest absolute Gasteiger partial charge is 0.368 e. The van der Waals surface area contributed by atoms with Crippen molar-refractivity contribution in [2.24, 2.45) is 11.8 Å². The van der Waals surface area contributed by atoms with Crippen molar-refractivity contribution >= 4 is 22.7 Å². The Kier molecular flexibility index (Phi) is 3.01. The number of hydrogen-bond donors (Lipinski definition) is 1. The highest BCUT2D eigenvalue weighted by molar-refractivity contribution is 5.90. The molecule has 4 heteroatoms. The number of aromatic nitrogens is 2. The second kappa shape index (κ2) is 4.68. The summed E-state index contributed by atoms with van der Waals surface area (Å²) in [4.78, 5) is 11.2. The summed E-state index contributed by atoms with van der Waals surface area (Å²) in [6.45, 7) is 6.69. The molecular weight excluding hydrogens is 236 g/mol. The molecule has 4 nitrogen and oxygen atoms in total. The van der Waals surface area contributed by atoms with Gasteiger partial charge < -0.3 is 10.6 Å². The number of benzene rings is 1. The molecule has 19 heavy (non-hydrogen) atoms. The molecule has 2 aromatic rings.